The number of carbonyl (C=O) groups is 4. The quantitative estimate of drug-likeness (QED) is 0.132. The van der Waals surface area contributed by atoms with Crippen LogP contribution in [0.4, 0.5) is 4.79 Å². The van der Waals surface area contributed by atoms with Gasteiger partial charge in [-0.25, -0.2) is 4.79 Å². The van der Waals surface area contributed by atoms with Crippen molar-refractivity contribution in [3.63, 3.8) is 0 Å². The lowest BCUT2D eigenvalue weighted by atomic mass is 9.84. The molecular weight excluding hydrogens is 494 g/mol. The SMILES string of the molecule is COC(=O)N[C@](CCC(=O)O)(Cc1cccc(C(=N)N)c1)C(=O)NCC(=O)NCc1cccc(C(=N)N)c1. The summed E-state index contributed by atoms with van der Waals surface area (Å²) in [4.78, 5) is 49.4. The van der Waals surface area contributed by atoms with Crippen molar-refractivity contribution in [1.82, 2.24) is 16.0 Å². The van der Waals surface area contributed by atoms with E-state index in [1.54, 1.807) is 48.5 Å². The molecule has 0 saturated heterocycles. The number of carboxylic acid groups (broad SMARTS) is 1. The summed E-state index contributed by atoms with van der Waals surface area (Å²) in [6.45, 7) is -0.353. The van der Waals surface area contributed by atoms with E-state index in [2.05, 4.69) is 20.7 Å². The molecule has 0 spiro atoms. The lowest BCUT2D eigenvalue weighted by Gasteiger charge is -2.33. The molecule has 10 N–H and O–H groups in total. The number of nitrogen functional groups attached to an aromatic ring is 2. The Morgan fingerprint density at radius 3 is 2.08 bits per heavy atom. The van der Waals surface area contributed by atoms with Crippen LogP contribution < -0.4 is 27.4 Å². The first-order chi connectivity index (χ1) is 18.0. The summed E-state index contributed by atoms with van der Waals surface area (Å²) in [5.41, 5.74) is 11.3. The van der Waals surface area contributed by atoms with E-state index < -0.39 is 42.4 Å². The van der Waals surface area contributed by atoms with Crippen LogP contribution in [0, 0.1) is 10.8 Å². The van der Waals surface area contributed by atoms with Gasteiger partial charge in [-0.1, -0.05) is 36.4 Å². The maximum atomic E-state index is 13.4. The van der Waals surface area contributed by atoms with Crippen LogP contribution >= 0.6 is 0 Å². The van der Waals surface area contributed by atoms with E-state index in [1.807, 2.05) is 0 Å². The van der Waals surface area contributed by atoms with Crippen molar-refractivity contribution in [2.24, 2.45) is 11.5 Å². The molecule has 1 atom stereocenters. The second kappa shape index (κ2) is 13.4. The molecule has 13 heteroatoms. The molecule has 0 unspecified atom stereocenters. The molecule has 0 bridgehead atoms. The zero-order chi connectivity index (χ0) is 28.3. The minimum absolute atomic E-state index is 0.109. The minimum atomic E-state index is -1.79. The largest absolute Gasteiger partial charge is 0.481 e. The lowest BCUT2D eigenvalue weighted by Crippen LogP contribution is -2.61. The number of nitrogens with two attached hydrogens (primary N) is 2. The molecular formula is C25H31N7O6. The summed E-state index contributed by atoms with van der Waals surface area (Å²) in [5.74, 6) is -2.87. The molecule has 3 amide bonds. The summed E-state index contributed by atoms with van der Waals surface area (Å²) in [5, 5.41) is 32.0. The molecule has 202 valence electrons. The molecule has 2 aromatic carbocycles. The van der Waals surface area contributed by atoms with Crippen LogP contribution in [0.5, 0.6) is 0 Å². The van der Waals surface area contributed by atoms with E-state index >= 15 is 0 Å². The highest BCUT2D eigenvalue weighted by Gasteiger charge is 2.41. The Kier molecular flexibility index (Phi) is 10.3. The molecule has 0 aliphatic rings. The summed E-state index contributed by atoms with van der Waals surface area (Å²) in [7, 11) is 1.10. The van der Waals surface area contributed by atoms with E-state index in [-0.39, 0.29) is 31.1 Å². The van der Waals surface area contributed by atoms with Gasteiger partial charge in [-0.05, 0) is 29.7 Å². The van der Waals surface area contributed by atoms with Crippen LogP contribution in [0.2, 0.25) is 0 Å². The number of aliphatic carboxylic acids is 1. The standard InChI is InChI=1S/C25H31N7O6/c1-38-24(37)32-25(9-8-20(34)35,12-15-4-2-6-17(10-15)21(26)27)23(36)31-14-19(33)30-13-16-5-3-7-18(11-16)22(28)29/h2-7,10-11H,8-9,12-14H2,1H3,(H3,26,27)(H3,28,29)(H,30,33)(H,31,36)(H,32,37)(H,34,35)/t25-/m1/s1. The zero-order valence-electron chi connectivity index (χ0n) is 20.8. The van der Waals surface area contributed by atoms with Crippen LogP contribution in [0.25, 0.3) is 0 Å². The Morgan fingerprint density at radius 1 is 0.947 bits per heavy atom. The van der Waals surface area contributed by atoms with Crippen LogP contribution in [-0.4, -0.2) is 59.8 Å². The predicted molar refractivity (Wildman–Crippen MR) is 139 cm³/mol. The molecule has 0 aromatic heterocycles. The molecule has 0 saturated carbocycles. The lowest BCUT2D eigenvalue weighted by molar-refractivity contribution is -0.138. The number of ether oxygens (including phenoxy) is 1. The van der Waals surface area contributed by atoms with Gasteiger partial charge in [-0.15, -0.1) is 0 Å². The van der Waals surface area contributed by atoms with Crippen LogP contribution in [0.3, 0.4) is 0 Å². The number of carbonyl (C=O) groups excluding carboxylic acids is 3. The molecule has 0 fully saturated rings. The average Bonchev–Trinajstić information content (AvgIpc) is 2.89. The number of benzene rings is 2. The first kappa shape index (κ1) is 29.3. The van der Waals surface area contributed by atoms with Gasteiger partial charge in [0.25, 0.3) is 0 Å². The van der Waals surface area contributed by atoms with E-state index in [0.29, 0.717) is 22.3 Å². The second-order valence-corrected chi connectivity index (χ2v) is 8.46. The van der Waals surface area contributed by atoms with Crippen molar-refractivity contribution in [3.8, 4) is 0 Å². The maximum absolute atomic E-state index is 13.4. The van der Waals surface area contributed by atoms with Crippen molar-refractivity contribution in [2.45, 2.75) is 31.3 Å². The van der Waals surface area contributed by atoms with E-state index in [1.165, 1.54) is 0 Å². The highest BCUT2D eigenvalue weighted by atomic mass is 16.5. The molecule has 2 aromatic rings. The second-order valence-electron chi connectivity index (χ2n) is 8.46. The number of amides is 3. The average molecular weight is 526 g/mol. The van der Waals surface area contributed by atoms with E-state index in [9.17, 15) is 24.3 Å². The topological polar surface area (TPSA) is 234 Å². The van der Waals surface area contributed by atoms with Crippen molar-refractivity contribution in [1.29, 1.82) is 10.8 Å². The summed E-state index contributed by atoms with van der Waals surface area (Å²) < 4.78 is 4.67. The van der Waals surface area contributed by atoms with Gasteiger partial charge in [-0.3, -0.25) is 25.2 Å². The van der Waals surface area contributed by atoms with Gasteiger partial charge in [-0.2, -0.15) is 0 Å². The third-order valence-corrected chi connectivity index (χ3v) is 5.61. The number of amidine groups is 2. The monoisotopic (exact) mass is 525 g/mol. The van der Waals surface area contributed by atoms with Gasteiger partial charge in [0.2, 0.25) is 11.8 Å². The van der Waals surface area contributed by atoms with Gasteiger partial charge in [0.05, 0.1) is 13.7 Å². The van der Waals surface area contributed by atoms with Crippen LogP contribution in [0.15, 0.2) is 48.5 Å². The fourth-order valence-corrected chi connectivity index (χ4v) is 3.65. The van der Waals surface area contributed by atoms with Gasteiger partial charge in [0.15, 0.2) is 0 Å². The maximum Gasteiger partial charge on any atom is 0.407 e. The van der Waals surface area contributed by atoms with Crippen molar-refractivity contribution >= 4 is 35.5 Å². The molecule has 13 nitrogen and oxygen atoms in total. The van der Waals surface area contributed by atoms with Crippen LogP contribution in [-0.2, 0) is 32.1 Å². The van der Waals surface area contributed by atoms with Gasteiger partial charge in [0.1, 0.15) is 17.2 Å². The van der Waals surface area contributed by atoms with Crippen molar-refractivity contribution in [3.05, 3.63) is 70.8 Å². The molecule has 0 aliphatic carbocycles. The van der Waals surface area contributed by atoms with Gasteiger partial charge >= 0.3 is 12.1 Å². The third-order valence-electron chi connectivity index (χ3n) is 5.61. The number of alkyl carbamates (subject to hydrolysis) is 1. The number of nitrogens with one attached hydrogen (secondary N) is 5. The summed E-state index contributed by atoms with van der Waals surface area (Å²) in [6, 6.07) is 13.1. The molecule has 0 radical (unpaired) electrons. The number of hydrogen-bond donors (Lipinski definition) is 8. The Labute approximate surface area is 218 Å². The van der Waals surface area contributed by atoms with Crippen LogP contribution in [0.1, 0.15) is 35.1 Å². The summed E-state index contributed by atoms with van der Waals surface area (Å²) >= 11 is 0. The Morgan fingerprint density at radius 2 is 1.53 bits per heavy atom. The fraction of sp³-hybridized carbons (Fsp3) is 0.280. The molecule has 38 heavy (non-hydrogen) atoms. The number of methoxy groups -OCH3 is 1. The van der Waals surface area contributed by atoms with Gasteiger partial charge < -0.3 is 37.3 Å². The highest BCUT2D eigenvalue weighted by molar-refractivity contribution is 5.96. The molecule has 0 heterocycles. The smallest absolute Gasteiger partial charge is 0.407 e. The Bertz CT molecular complexity index is 1230. The number of hydrogen-bond acceptors (Lipinski definition) is 7. The highest BCUT2D eigenvalue weighted by Crippen LogP contribution is 2.22. The fourth-order valence-electron chi connectivity index (χ4n) is 3.65. The summed E-state index contributed by atoms with van der Waals surface area (Å²) in [6.07, 6.45) is -1.92. The molecule has 2 rings (SSSR count). The normalized spacial score (nSPS) is 11.9. The number of rotatable bonds is 13. The first-order valence-corrected chi connectivity index (χ1v) is 11.5. The zero-order valence-corrected chi connectivity index (χ0v) is 20.8. The number of carboxylic acids is 1. The Hall–Kier alpha value is -4.94. The first-order valence-electron chi connectivity index (χ1n) is 11.5. The van der Waals surface area contributed by atoms with Crippen molar-refractivity contribution in [2.75, 3.05) is 13.7 Å². The van der Waals surface area contributed by atoms with Gasteiger partial charge in [0, 0.05) is 30.5 Å². The minimum Gasteiger partial charge on any atom is -0.481 e. The predicted octanol–water partition coefficient (Wildman–Crippen LogP) is 0.189. The molecule has 0 aliphatic heterocycles. The Balaban J connectivity index is 2.22. The van der Waals surface area contributed by atoms with Crippen molar-refractivity contribution < 1.29 is 29.0 Å². The van der Waals surface area contributed by atoms with E-state index in [0.717, 1.165) is 7.11 Å². The third kappa shape index (κ3) is 8.62. The van der Waals surface area contributed by atoms with E-state index in [4.69, 9.17) is 22.3 Å².